The third kappa shape index (κ3) is 4.99. The summed E-state index contributed by atoms with van der Waals surface area (Å²) >= 11 is 3.42. The highest BCUT2D eigenvalue weighted by atomic mass is 79.9. The fraction of sp³-hybridized carbons (Fsp3) is 0.208. The number of halogens is 1. The zero-order valence-electron chi connectivity index (χ0n) is 17.8. The van der Waals surface area contributed by atoms with Crippen LogP contribution < -0.4 is 9.04 Å². The molecule has 1 amide bonds. The molecule has 7 heteroatoms. The maximum atomic E-state index is 13.5. The Morgan fingerprint density at radius 2 is 1.61 bits per heavy atom. The Morgan fingerprint density at radius 3 is 2.26 bits per heavy atom. The minimum absolute atomic E-state index is 0.0480. The van der Waals surface area contributed by atoms with Crippen molar-refractivity contribution in [3.05, 3.63) is 87.4 Å². The maximum Gasteiger partial charge on any atom is 0.278 e. The summed E-state index contributed by atoms with van der Waals surface area (Å²) in [6, 6.07) is 17.0. The van der Waals surface area contributed by atoms with Gasteiger partial charge in [-0.15, -0.1) is 0 Å². The van der Waals surface area contributed by atoms with Gasteiger partial charge in [0.15, 0.2) is 6.61 Å². The van der Waals surface area contributed by atoms with E-state index in [2.05, 4.69) is 15.9 Å². The minimum Gasteiger partial charge on any atom is -0.484 e. The second-order valence-corrected chi connectivity index (χ2v) is 10.0. The van der Waals surface area contributed by atoms with Crippen molar-refractivity contribution in [2.75, 3.05) is 10.9 Å². The van der Waals surface area contributed by atoms with Crippen LogP contribution in [0.5, 0.6) is 5.75 Å². The number of sulfonamides is 1. The number of anilines is 1. The third-order valence-corrected chi connectivity index (χ3v) is 7.71. The van der Waals surface area contributed by atoms with E-state index >= 15 is 0 Å². The van der Waals surface area contributed by atoms with Gasteiger partial charge in [0.1, 0.15) is 5.75 Å². The molecule has 0 N–H and O–H groups in total. The highest BCUT2D eigenvalue weighted by Crippen LogP contribution is 2.29. The summed E-state index contributed by atoms with van der Waals surface area (Å²) in [5, 5.41) is 0. The monoisotopic (exact) mass is 501 g/mol. The lowest BCUT2D eigenvalue weighted by atomic mass is 10.1. The zero-order chi connectivity index (χ0) is 22.8. The Hall–Kier alpha value is -2.64. The SMILES string of the molecule is Cc1ccc(S(=O)(=O)N(C(=O)COc2ccc(Br)c(C)c2)c2cccc(C)c2C)cc1. The predicted octanol–water partition coefficient (Wildman–Crippen LogP) is 5.48. The fourth-order valence-electron chi connectivity index (χ4n) is 3.08. The van der Waals surface area contributed by atoms with Crippen molar-refractivity contribution in [2.24, 2.45) is 0 Å². The first-order valence-corrected chi connectivity index (χ1v) is 11.9. The standard InChI is InChI=1S/C24H24BrNO4S/c1-16-8-11-21(12-9-16)31(28,29)26(23-7-5-6-17(2)19(23)4)24(27)15-30-20-10-13-22(25)18(3)14-20/h5-14H,15H2,1-4H3. The van der Waals surface area contributed by atoms with E-state index in [1.54, 1.807) is 43.3 Å². The normalized spacial score (nSPS) is 11.3. The topological polar surface area (TPSA) is 63.7 Å². The number of carbonyl (C=O) groups is 1. The van der Waals surface area contributed by atoms with Crippen LogP contribution in [0.2, 0.25) is 0 Å². The summed E-state index contributed by atoms with van der Waals surface area (Å²) in [6.45, 7) is 7.04. The van der Waals surface area contributed by atoms with Gasteiger partial charge in [-0.25, -0.2) is 8.42 Å². The molecule has 0 radical (unpaired) electrons. The van der Waals surface area contributed by atoms with E-state index in [-0.39, 0.29) is 4.90 Å². The van der Waals surface area contributed by atoms with Crippen LogP contribution in [0, 0.1) is 27.7 Å². The van der Waals surface area contributed by atoms with Crippen molar-refractivity contribution in [1.82, 2.24) is 0 Å². The second kappa shape index (κ2) is 9.24. The van der Waals surface area contributed by atoms with Gasteiger partial charge in [-0.05, 0) is 80.8 Å². The van der Waals surface area contributed by atoms with Crippen LogP contribution >= 0.6 is 15.9 Å². The molecule has 31 heavy (non-hydrogen) atoms. The molecule has 162 valence electrons. The van der Waals surface area contributed by atoms with Crippen molar-refractivity contribution in [1.29, 1.82) is 0 Å². The van der Waals surface area contributed by atoms with Gasteiger partial charge in [-0.3, -0.25) is 4.79 Å². The Kier molecular flexibility index (Phi) is 6.86. The van der Waals surface area contributed by atoms with Crippen molar-refractivity contribution in [2.45, 2.75) is 32.6 Å². The zero-order valence-corrected chi connectivity index (χ0v) is 20.2. The molecular formula is C24H24BrNO4S. The molecule has 5 nitrogen and oxygen atoms in total. The molecule has 0 unspecified atom stereocenters. The summed E-state index contributed by atoms with van der Waals surface area (Å²) in [5.41, 5.74) is 3.80. The lowest BCUT2D eigenvalue weighted by Gasteiger charge is -2.25. The molecule has 0 saturated heterocycles. The summed E-state index contributed by atoms with van der Waals surface area (Å²) in [4.78, 5) is 13.3. The van der Waals surface area contributed by atoms with Crippen molar-refractivity contribution in [3.63, 3.8) is 0 Å². The number of hydrogen-bond donors (Lipinski definition) is 0. The van der Waals surface area contributed by atoms with E-state index in [9.17, 15) is 13.2 Å². The summed E-state index contributed by atoms with van der Waals surface area (Å²) < 4.78 is 34.4. The van der Waals surface area contributed by atoms with E-state index in [1.807, 2.05) is 32.9 Å². The quantitative estimate of drug-likeness (QED) is 0.448. The van der Waals surface area contributed by atoms with Gasteiger partial charge in [-0.2, -0.15) is 4.31 Å². The molecule has 3 aromatic rings. The first kappa shape index (κ1) is 23.0. The lowest BCUT2D eigenvalue weighted by molar-refractivity contribution is -0.119. The van der Waals surface area contributed by atoms with E-state index in [4.69, 9.17) is 4.74 Å². The van der Waals surface area contributed by atoms with Gasteiger partial charge in [0.05, 0.1) is 10.6 Å². The predicted molar refractivity (Wildman–Crippen MR) is 126 cm³/mol. The van der Waals surface area contributed by atoms with Crippen LogP contribution in [-0.4, -0.2) is 20.9 Å². The third-order valence-electron chi connectivity index (χ3n) is 5.07. The molecule has 3 aromatic carbocycles. The van der Waals surface area contributed by atoms with Crippen LogP contribution in [0.4, 0.5) is 5.69 Å². The van der Waals surface area contributed by atoms with Crippen LogP contribution in [0.15, 0.2) is 70.0 Å². The number of nitrogens with zero attached hydrogens (tertiary/aromatic N) is 1. The lowest BCUT2D eigenvalue weighted by Crippen LogP contribution is -2.40. The minimum atomic E-state index is -4.13. The molecule has 0 atom stereocenters. The van der Waals surface area contributed by atoms with Gasteiger partial charge in [0.25, 0.3) is 15.9 Å². The van der Waals surface area contributed by atoms with Crippen LogP contribution in [-0.2, 0) is 14.8 Å². The van der Waals surface area contributed by atoms with Crippen LogP contribution in [0.1, 0.15) is 22.3 Å². The number of carbonyl (C=O) groups excluding carboxylic acids is 1. The molecule has 0 saturated carbocycles. The summed E-state index contributed by atoms with van der Waals surface area (Å²) in [5.74, 6) is -0.183. The largest absolute Gasteiger partial charge is 0.484 e. The molecule has 0 fully saturated rings. The van der Waals surface area contributed by atoms with Crippen molar-refractivity contribution in [3.8, 4) is 5.75 Å². The Morgan fingerprint density at radius 1 is 0.935 bits per heavy atom. The maximum absolute atomic E-state index is 13.5. The van der Waals surface area contributed by atoms with Crippen LogP contribution in [0.3, 0.4) is 0 Å². The highest BCUT2D eigenvalue weighted by Gasteiger charge is 2.32. The molecule has 0 aliphatic rings. The second-order valence-electron chi connectivity index (χ2n) is 7.39. The number of ether oxygens (including phenoxy) is 1. The number of hydrogen-bond acceptors (Lipinski definition) is 4. The molecule has 0 spiro atoms. The number of rotatable bonds is 6. The molecular weight excluding hydrogens is 478 g/mol. The van der Waals surface area contributed by atoms with Gasteiger partial charge >= 0.3 is 0 Å². The molecule has 0 aliphatic carbocycles. The van der Waals surface area contributed by atoms with Crippen molar-refractivity contribution < 1.29 is 17.9 Å². The van der Waals surface area contributed by atoms with Gasteiger partial charge in [0, 0.05) is 4.47 Å². The van der Waals surface area contributed by atoms with E-state index in [0.717, 1.165) is 25.5 Å². The average molecular weight is 502 g/mol. The molecule has 0 heterocycles. The average Bonchev–Trinajstić information content (AvgIpc) is 2.72. The van der Waals surface area contributed by atoms with E-state index in [1.165, 1.54) is 12.1 Å². The van der Waals surface area contributed by atoms with Crippen molar-refractivity contribution >= 4 is 37.5 Å². The first-order chi connectivity index (χ1) is 14.6. The molecule has 0 aromatic heterocycles. The molecule has 0 bridgehead atoms. The van der Waals surface area contributed by atoms with Gasteiger partial charge < -0.3 is 4.74 Å². The number of amides is 1. The Bertz CT molecular complexity index is 1220. The first-order valence-electron chi connectivity index (χ1n) is 9.71. The highest BCUT2D eigenvalue weighted by molar-refractivity contribution is 9.10. The number of aryl methyl sites for hydroxylation is 3. The molecule has 0 aliphatic heterocycles. The Labute approximate surface area is 191 Å². The number of benzene rings is 3. The van der Waals surface area contributed by atoms with Gasteiger partial charge in [-0.1, -0.05) is 45.8 Å². The smallest absolute Gasteiger partial charge is 0.278 e. The molecule has 3 rings (SSSR count). The van der Waals surface area contributed by atoms with Crippen LogP contribution in [0.25, 0.3) is 0 Å². The summed E-state index contributed by atoms with van der Waals surface area (Å²) in [7, 11) is -4.13. The van der Waals surface area contributed by atoms with E-state index in [0.29, 0.717) is 17.0 Å². The summed E-state index contributed by atoms with van der Waals surface area (Å²) in [6.07, 6.45) is 0. The van der Waals surface area contributed by atoms with E-state index < -0.39 is 22.5 Å². The van der Waals surface area contributed by atoms with Gasteiger partial charge in [0.2, 0.25) is 0 Å². The fourth-order valence-corrected chi connectivity index (χ4v) is 4.79. The Balaban J connectivity index is 2.01.